The second kappa shape index (κ2) is 5.70. The van der Waals surface area contributed by atoms with Crippen LogP contribution in [0.15, 0.2) is 30.7 Å². The first-order valence-electron chi connectivity index (χ1n) is 6.04. The molecule has 1 amide bonds. The van der Waals surface area contributed by atoms with Crippen LogP contribution in [-0.4, -0.2) is 39.4 Å². The van der Waals surface area contributed by atoms with Crippen molar-refractivity contribution < 1.29 is 14.1 Å². The zero-order valence-electron chi connectivity index (χ0n) is 11.5. The molecule has 0 atom stereocenters. The number of amides is 1. The van der Waals surface area contributed by atoms with Crippen LogP contribution >= 0.6 is 0 Å². The summed E-state index contributed by atoms with van der Waals surface area (Å²) in [5.74, 6) is -1.13. The fourth-order valence-electron chi connectivity index (χ4n) is 1.85. The van der Waals surface area contributed by atoms with E-state index in [0.29, 0.717) is 5.56 Å². The van der Waals surface area contributed by atoms with Gasteiger partial charge in [0.15, 0.2) is 0 Å². The summed E-state index contributed by atoms with van der Waals surface area (Å²) in [6.07, 6.45) is 2.55. The Kier molecular flexibility index (Phi) is 3.97. The van der Waals surface area contributed by atoms with Gasteiger partial charge in [-0.2, -0.15) is 0 Å². The molecule has 0 fully saturated rings. The van der Waals surface area contributed by atoms with Crippen molar-refractivity contribution in [3.05, 3.63) is 57.8 Å². The Labute approximate surface area is 119 Å². The minimum atomic E-state index is -0.604. The third-order valence-corrected chi connectivity index (χ3v) is 2.87. The molecular formula is C13H13FN4O3. The predicted octanol–water partition coefficient (Wildman–Crippen LogP) is 1.68. The third kappa shape index (κ3) is 3.22. The fourth-order valence-corrected chi connectivity index (χ4v) is 1.85. The van der Waals surface area contributed by atoms with Gasteiger partial charge in [-0.3, -0.25) is 4.79 Å². The van der Waals surface area contributed by atoms with Crippen LogP contribution in [0.3, 0.4) is 0 Å². The molecule has 0 saturated heterocycles. The maximum atomic E-state index is 13.3. The largest absolute Gasteiger partial charge is 0.381 e. The second-order valence-electron chi connectivity index (χ2n) is 4.66. The van der Waals surface area contributed by atoms with E-state index in [2.05, 4.69) is 4.98 Å². The summed E-state index contributed by atoms with van der Waals surface area (Å²) >= 11 is 0. The first-order valence-corrected chi connectivity index (χ1v) is 6.04. The molecule has 0 radical (unpaired) electrons. The van der Waals surface area contributed by atoms with Gasteiger partial charge in [0.2, 0.25) is 6.33 Å². The average Bonchev–Trinajstić information content (AvgIpc) is 2.88. The van der Waals surface area contributed by atoms with Gasteiger partial charge in [-0.05, 0) is 27.6 Å². The SMILES string of the molecule is CN(C)C(=O)c1cc(F)ccc1Cn1cnc([N+](=O)[O-])c1. The summed E-state index contributed by atoms with van der Waals surface area (Å²) in [5.41, 5.74) is 0.777. The summed E-state index contributed by atoms with van der Waals surface area (Å²) in [6.45, 7) is 0.191. The molecule has 1 aromatic heterocycles. The fraction of sp³-hybridized carbons (Fsp3) is 0.231. The van der Waals surface area contributed by atoms with E-state index < -0.39 is 10.7 Å². The lowest BCUT2D eigenvalue weighted by Gasteiger charge is -2.14. The van der Waals surface area contributed by atoms with Crippen molar-refractivity contribution in [2.24, 2.45) is 0 Å². The number of nitrogens with zero attached hydrogens (tertiary/aromatic N) is 4. The normalized spacial score (nSPS) is 10.4. The minimum absolute atomic E-state index is 0.191. The van der Waals surface area contributed by atoms with E-state index in [4.69, 9.17) is 0 Å². The molecule has 2 aromatic rings. The molecule has 0 spiro atoms. The van der Waals surface area contributed by atoms with E-state index in [1.807, 2.05) is 0 Å². The van der Waals surface area contributed by atoms with Gasteiger partial charge in [-0.15, -0.1) is 0 Å². The highest BCUT2D eigenvalue weighted by atomic mass is 19.1. The molecule has 0 aliphatic rings. The first-order chi connectivity index (χ1) is 9.88. The molecule has 8 heteroatoms. The Balaban J connectivity index is 2.34. The van der Waals surface area contributed by atoms with Crippen molar-refractivity contribution >= 4 is 11.7 Å². The van der Waals surface area contributed by atoms with Crippen molar-refractivity contribution in [2.75, 3.05) is 14.1 Å². The first kappa shape index (κ1) is 14.6. The van der Waals surface area contributed by atoms with Gasteiger partial charge in [0.05, 0.1) is 6.54 Å². The lowest BCUT2D eigenvalue weighted by molar-refractivity contribution is -0.389. The van der Waals surface area contributed by atoms with Crippen LogP contribution in [0, 0.1) is 15.9 Å². The third-order valence-electron chi connectivity index (χ3n) is 2.87. The minimum Gasteiger partial charge on any atom is -0.358 e. The number of rotatable bonds is 4. The summed E-state index contributed by atoms with van der Waals surface area (Å²) in [4.78, 5) is 27.0. The Hall–Kier alpha value is -2.77. The van der Waals surface area contributed by atoms with E-state index in [0.717, 1.165) is 6.07 Å². The number of aromatic nitrogens is 2. The summed E-state index contributed by atoms with van der Waals surface area (Å²) in [7, 11) is 3.14. The molecule has 0 aliphatic heterocycles. The summed E-state index contributed by atoms with van der Waals surface area (Å²) in [5, 5.41) is 10.6. The molecule has 2 rings (SSSR count). The lowest BCUT2D eigenvalue weighted by Crippen LogP contribution is -2.23. The molecule has 0 aliphatic carbocycles. The number of carbonyl (C=O) groups is 1. The molecule has 21 heavy (non-hydrogen) atoms. The number of halogens is 1. The molecule has 110 valence electrons. The predicted molar refractivity (Wildman–Crippen MR) is 72.4 cm³/mol. The van der Waals surface area contributed by atoms with Crippen molar-refractivity contribution in [3.63, 3.8) is 0 Å². The lowest BCUT2D eigenvalue weighted by atomic mass is 10.1. The van der Waals surface area contributed by atoms with Crippen LogP contribution in [0.25, 0.3) is 0 Å². The van der Waals surface area contributed by atoms with E-state index in [9.17, 15) is 19.3 Å². The number of carbonyl (C=O) groups excluding carboxylic acids is 1. The molecule has 7 nitrogen and oxygen atoms in total. The number of hydrogen-bond acceptors (Lipinski definition) is 4. The van der Waals surface area contributed by atoms with Gasteiger partial charge in [0.1, 0.15) is 12.0 Å². The van der Waals surface area contributed by atoms with Gasteiger partial charge in [0.25, 0.3) is 5.91 Å². The Morgan fingerprint density at radius 3 is 2.76 bits per heavy atom. The molecule has 1 aromatic carbocycles. The van der Waals surface area contributed by atoms with Crippen molar-refractivity contribution in [3.8, 4) is 0 Å². The maximum Gasteiger partial charge on any atom is 0.381 e. The summed E-state index contributed by atoms with van der Waals surface area (Å²) < 4.78 is 14.8. The van der Waals surface area contributed by atoms with Gasteiger partial charge < -0.3 is 19.6 Å². The van der Waals surface area contributed by atoms with Gasteiger partial charge in [0, 0.05) is 19.7 Å². The van der Waals surface area contributed by atoms with Crippen molar-refractivity contribution in [1.82, 2.24) is 14.5 Å². The quantitative estimate of drug-likeness (QED) is 0.634. The zero-order valence-corrected chi connectivity index (χ0v) is 11.5. The van der Waals surface area contributed by atoms with Crippen LogP contribution in [0.4, 0.5) is 10.2 Å². The number of imidazole rings is 1. The van der Waals surface area contributed by atoms with E-state index in [1.165, 1.54) is 34.1 Å². The highest BCUT2D eigenvalue weighted by molar-refractivity contribution is 5.95. The second-order valence-corrected chi connectivity index (χ2v) is 4.66. The molecule has 0 saturated carbocycles. The average molecular weight is 292 g/mol. The van der Waals surface area contributed by atoms with E-state index in [-0.39, 0.29) is 23.8 Å². The molecule has 1 heterocycles. The van der Waals surface area contributed by atoms with Crippen LogP contribution in [0.5, 0.6) is 0 Å². The Morgan fingerprint density at radius 2 is 2.19 bits per heavy atom. The summed E-state index contributed by atoms with van der Waals surface area (Å²) in [6, 6.07) is 3.88. The van der Waals surface area contributed by atoms with Gasteiger partial charge in [-0.25, -0.2) is 4.39 Å². The highest BCUT2D eigenvalue weighted by Crippen LogP contribution is 2.16. The van der Waals surface area contributed by atoms with Crippen LogP contribution in [0.1, 0.15) is 15.9 Å². The number of nitro groups is 1. The maximum absolute atomic E-state index is 13.3. The van der Waals surface area contributed by atoms with E-state index in [1.54, 1.807) is 14.1 Å². The Morgan fingerprint density at radius 1 is 1.48 bits per heavy atom. The monoisotopic (exact) mass is 292 g/mol. The van der Waals surface area contributed by atoms with Crippen LogP contribution < -0.4 is 0 Å². The topological polar surface area (TPSA) is 81.3 Å². The van der Waals surface area contributed by atoms with E-state index >= 15 is 0 Å². The van der Waals surface area contributed by atoms with Gasteiger partial charge in [-0.1, -0.05) is 6.07 Å². The highest BCUT2D eigenvalue weighted by Gasteiger charge is 2.16. The van der Waals surface area contributed by atoms with Crippen LogP contribution in [0.2, 0.25) is 0 Å². The Bertz CT molecular complexity index is 696. The van der Waals surface area contributed by atoms with Crippen molar-refractivity contribution in [2.45, 2.75) is 6.54 Å². The number of benzene rings is 1. The molecule has 0 N–H and O–H groups in total. The van der Waals surface area contributed by atoms with Crippen molar-refractivity contribution in [1.29, 1.82) is 0 Å². The standard InChI is InChI=1S/C13H13FN4O3/c1-16(2)13(19)11-5-10(14)4-3-9(11)6-17-7-12(15-8-17)18(20)21/h3-5,7-8H,6H2,1-2H3. The zero-order chi connectivity index (χ0) is 15.6. The number of hydrogen-bond donors (Lipinski definition) is 0. The van der Waals surface area contributed by atoms with Crippen LogP contribution in [-0.2, 0) is 6.54 Å². The van der Waals surface area contributed by atoms with Gasteiger partial charge >= 0.3 is 5.82 Å². The molecular weight excluding hydrogens is 279 g/mol. The molecule has 0 unspecified atom stereocenters. The molecule has 0 bridgehead atoms. The smallest absolute Gasteiger partial charge is 0.358 e.